The second kappa shape index (κ2) is 8.24. The second-order valence-corrected chi connectivity index (χ2v) is 4.95. The molecule has 6 nitrogen and oxygen atoms in total. The van der Waals surface area contributed by atoms with Gasteiger partial charge in [-0.2, -0.15) is 0 Å². The molecule has 114 valence electrons. The first-order valence-corrected chi connectivity index (χ1v) is 6.68. The third kappa shape index (κ3) is 4.19. The van der Waals surface area contributed by atoms with Gasteiger partial charge in [-0.25, -0.2) is 0 Å². The molecule has 1 fully saturated rings. The first-order valence-electron chi connectivity index (χ1n) is 6.68. The van der Waals surface area contributed by atoms with E-state index in [2.05, 4.69) is 5.16 Å². The number of nitrogens with two attached hydrogens (primary N) is 1. The van der Waals surface area contributed by atoms with E-state index in [4.69, 9.17) is 15.0 Å². The van der Waals surface area contributed by atoms with Gasteiger partial charge in [0.2, 0.25) is 0 Å². The van der Waals surface area contributed by atoms with Gasteiger partial charge in [-0.15, -0.1) is 12.4 Å². The molecule has 1 saturated heterocycles. The van der Waals surface area contributed by atoms with Crippen molar-refractivity contribution < 1.29 is 14.1 Å². The van der Waals surface area contributed by atoms with Crippen LogP contribution in [-0.2, 0) is 11.3 Å². The maximum Gasteiger partial charge on any atom is 0.276 e. The summed E-state index contributed by atoms with van der Waals surface area (Å²) in [5.74, 6) is 1.02. The number of ether oxygens (including phenoxy) is 1. The molecule has 1 unspecified atom stereocenters. The quantitative estimate of drug-likeness (QED) is 0.890. The zero-order valence-corrected chi connectivity index (χ0v) is 12.5. The van der Waals surface area contributed by atoms with Gasteiger partial charge in [-0.3, -0.25) is 4.79 Å². The molecule has 0 bridgehead atoms. The van der Waals surface area contributed by atoms with Crippen molar-refractivity contribution in [1.82, 2.24) is 10.1 Å². The summed E-state index contributed by atoms with van der Waals surface area (Å²) in [5.41, 5.74) is 5.95. The van der Waals surface area contributed by atoms with E-state index in [0.717, 1.165) is 32.4 Å². The Morgan fingerprint density at radius 1 is 1.65 bits per heavy atom. The van der Waals surface area contributed by atoms with Gasteiger partial charge in [0.15, 0.2) is 11.5 Å². The molecule has 20 heavy (non-hydrogen) atoms. The standard InChI is InChI=1S/C13H21N3O3.ClH/c1-18-9-11-7-12(15-19-11)13(17)16-6-2-3-10(8-16)4-5-14;/h7,10H,2-6,8-9,14H2,1H3;1H. The van der Waals surface area contributed by atoms with E-state index in [9.17, 15) is 4.79 Å². The summed E-state index contributed by atoms with van der Waals surface area (Å²) >= 11 is 0. The number of hydrogen-bond acceptors (Lipinski definition) is 5. The molecule has 1 atom stereocenters. The van der Waals surface area contributed by atoms with Crippen LogP contribution in [0.3, 0.4) is 0 Å². The number of rotatable bonds is 5. The maximum absolute atomic E-state index is 12.3. The van der Waals surface area contributed by atoms with Gasteiger partial charge in [0.1, 0.15) is 6.61 Å². The number of carbonyl (C=O) groups excluding carboxylic acids is 1. The van der Waals surface area contributed by atoms with E-state index in [0.29, 0.717) is 30.5 Å². The molecule has 0 radical (unpaired) electrons. The Labute approximate surface area is 125 Å². The van der Waals surface area contributed by atoms with E-state index in [1.54, 1.807) is 13.2 Å². The summed E-state index contributed by atoms with van der Waals surface area (Å²) in [7, 11) is 1.58. The summed E-state index contributed by atoms with van der Waals surface area (Å²) < 4.78 is 9.99. The van der Waals surface area contributed by atoms with Crippen molar-refractivity contribution in [2.75, 3.05) is 26.7 Å². The number of hydrogen-bond donors (Lipinski definition) is 1. The molecule has 7 heteroatoms. The SMILES string of the molecule is COCc1cc(C(=O)N2CCCC(CCN)C2)no1.Cl. The van der Waals surface area contributed by atoms with Gasteiger partial charge in [-0.05, 0) is 31.7 Å². The maximum atomic E-state index is 12.3. The fraction of sp³-hybridized carbons (Fsp3) is 0.692. The fourth-order valence-electron chi connectivity index (χ4n) is 2.51. The molecule has 1 aliphatic heterocycles. The molecule has 0 aromatic carbocycles. The van der Waals surface area contributed by atoms with Gasteiger partial charge in [-0.1, -0.05) is 5.16 Å². The number of carbonyl (C=O) groups is 1. The number of likely N-dealkylation sites (tertiary alicyclic amines) is 1. The van der Waals surface area contributed by atoms with Gasteiger partial charge in [0.25, 0.3) is 5.91 Å². The van der Waals surface area contributed by atoms with Crippen LogP contribution in [0, 0.1) is 5.92 Å². The minimum absolute atomic E-state index is 0. The first-order chi connectivity index (χ1) is 9.24. The third-order valence-corrected chi connectivity index (χ3v) is 3.45. The zero-order chi connectivity index (χ0) is 13.7. The fourth-order valence-corrected chi connectivity index (χ4v) is 2.51. The highest BCUT2D eigenvalue weighted by atomic mass is 35.5. The van der Waals surface area contributed by atoms with Gasteiger partial charge in [0.05, 0.1) is 0 Å². The van der Waals surface area contributed by atoms with Crippen LogP contribution in [0.1, 0.15) is 35.5 Å². The lowest BCUT2D eigenvalue weighted by atomic mass is 9.94. The third-order valence-electron chi connectivity index (χ3n) is 3.45. The van der Waals surface area contributed by atoms with Gasteiger partial charge < -0.3 is 19.9 Å². The number of aromatic nitrogens is 1. The van der Waals surface area contributed by atoms with E-state index in [1.165, 1.54) is 0 Å². The van der Waals surface area contributed by atoms with Crippen LogP contribution < -0.4 is 5.73 Å². The lowest BCUT2D eigenvalue weighted by molar-refractivity contribution is 0.0658. The van der Waals surface area contributed by atoms with Crippen molar-refractivity contribution in [1.29, 1.82) is 0 Å². The summed E-state index contributed by atoms with van der Waals surface area (Å²) in [6, 6.07) is 1.65. The second-order valence-electron chi connectivity index (χ2n) is 4.95. The largest absolute Gasteiger partial charge is 0.377 e. The molecule has 1 aromatic heterocycles. The Morgan fingerprint density at radius 3 is 3.15 bits per heavy atom. The number of nitrogens with zero attached hydrogens (tertiary/aromatic N) is 2. The van der Waals surface area contributed by atoms with Crippen LogP contribution in [0.15, 0.2) is 10.6 Å². The van der Waals surface area contributed by atoms with Crippen molar-refractivity contribution in [2.24, 2.45) is 11.7 Å². The summed E-state index contributed by atoms with van der Waals surface area (Å²) in [6.07, 6.45) is 3.14. The van der Waals surface area contributed by atoms with Crippen molar-refractivity contribution in [3.63, 3.8) is 0 Å². The first kappa shape index (κ1) is 16.9. The predicted octanol–water partition coefficient (Wildman–Crippen LogP) is 1.44. The molecule has 0 saturated carbocycles. The van der Waals surface area contributed by atoms with Crippen LogP contribution in [-0.4, -0.2) is 42.7 Å². The lowest BCUT2D eigenvalue weighted by Crippen LogP contribution is -2.40. The Balaban J connectivity index is 0.00000200. The predicted molar refractivity (Wildman–Crippen MR) is 76.8 cm³/mol. The molecule has 1 amide bonds. The monoisotopic (exact) mass is 303 g/mol. The van der Waals surface area contributed by atoms with Crippen LogP contribution in [0.2, 0.25) is 0 Å². The van der Waals surface area contributed by atoms with Crippen molar-refractivity contribution >= 4 is 18.3 Å². The highest BCUT2D eigenvalue weighted by Crippen LogP contribution is 2.20. The summed E-state index contributed by atoms with van der Waals surface area (Å²) in [6.45, 7) is 2.56. The summed E-state index contributed by atoms with van der Waals surface area (Å²) in [5, 5.41) is 3.81. The molecular weight excluding hydrogens is 282 g/mol. The molecule has 1 aliphatic rings. The molecule has 2 rings (SSSR count). The average Bonchev–Trinajstić information content (AvgIpc) is 2.88. The smallest absolute Gasteiger partial charge is 0.276 e. The Kier molecular flexibility index (Phi) is 6.98. The van der Waals surface area contributed by atoms with Crippen molar-refractivity contribution in [2.45, 2.75) is 25.9 Å². The van der Waals surface area contributed by atoms with E-state index >= 15 is 0 Å². The Bertz CT molecular complexity index is 423. The van der Waals surface area contributed by atoms with Crippen LogP contribution >= 0.6 is 12.4 Å². The number of halogens is 1. The van der Waals surface area contributed by atoms with Crippen LogP contribution in [0.25, 0.3) is 0 Å². The molecule has 1 aromatic rings. The zero-order valence-electron chi connectivity index (χ0n) is 11.7. The molecule has 2 heterocycles. The van der Waals surface area contributed by atoms with Crippen molar-refractivity contribution in [3.8, 4) is 0 Å². The van der Waals surface area contributed by atoms with Crippen LogP contribution in [0.5, 0.6) is 0 Å². The highest BCUT2D eigenvalue weighted by molar-refractivity contribution is 5.92. The van der Waals surface area contributed by atoms with Crippen molar-refractivity contribution in [3.05, 3.63) is 17.5 Å². The normalized spacial score (nSPS) is 18.7. The molecule has 0 aliphatic carbocycles. The molecule has 0 spiro atoms. The van der Waals surface area contributed by atoms with E-state index < -0.39 is 0 Å². The van der Waals surface area contributed by atoms with E-state index in [1.807, 2.05) is 4.90 Å². The summed E-state index contributed by atoms with van der Waals surface area (Å²) in [4.78, 5) is 14.1. The minimum Gasteiger partial charge on any atom is -0.377 e. The Morgan fingerprint density at radius 2 is 2.45 bits per heavy atom. The molecule has 2 N–H and O–H groups in total. The van der Waals surface area contributed by atoms with Gasteiger partial charge >= 0.3 is 0 Å². The van der Waals surface area contributed by atoms with E-state index in [-0.39, 0.29) is 18.3 Å². The average molecular weight is 304 g/mol. The van der Waals surface area contributed by atoms with Crippen LogP contribution in [0.4, 0.5) is 0 Å². The lowest BCUT2D eigenvalue weighted by Gasteiger charge is -2.32. The molecular formula is C13H22ClN3O3. The van der Waals surface area contributed by atoms with Gasteiger partial charge in [0, 0.05) is 26.3 Å². The number of methoxy groups -OCH3 is 1. The number of piperidine rings is 1. The Hall–Kier alpha value is -1.11. The topological polar surface area (TPSA) is 81.6 Å². The number of amides is 1. The highest BCUT2D eigenvalue weighted by Gasteiger charge is 2.26. The minimum atomic E-state index is -0.0622.